The molecule has 1 N–H and O–H groups in total. The number of sulfonamides is 1. The molecule has 0 aromatic carbocycles. The summed E-state index contributed by atoms with van der Waals surface area (Å²) in [6.45, 7) is 2.32. The Morgan fingerprint density at radius 1 is 1.47 bits per heavy atom. The molecule has 1 saturated carbocycles. The second-order valence-corrected chi connectivity index (χ2v) is 7.59. The number of hydrogen-bond donors (Lipinski definition) is 1. The highest BCUT2D eigenvalue weighted by molar-refractivity contribution is 7.90. The highest BCUT2D eigenvalue weighted by Crippen LogP contribution is 2.27. The highest BCUT2D eigenvalue weighted by atomic mass is 32.2. The van der Waals surface area contributed by atoms with E-state index < -0.39 is 10.0 Å². The first-order chi connectivity index (χ1) is 9.06. The van der Waals surface area contributed by atoms with Gasteiger partial charge in [0.15, 0.2) is 0 Å². The highest BCUT2D eigenvalue weighted by Gasteiger charge is 2.35. The molecule has 0 radical (unpaired) electrons. The second kappa shape index (κ2) is 4.88. The summed E-state index contributed by atoms with van der Waals surface area (Å²) < 4.78 is 28.3. The van der Waals surface area contributed by atoms with Crippen LogP contribution < -0.4 is 4.72 Å². The molecular formula is C12H20N4O2S. The Kier molecular flexibility index (Phi) is 3.36. The zero-order valence-electron chi connectivity index (χ0n) is 11.1. The molecule has 1 aromatic rings. The number of nitrogens with one attached hydrogen (secondary N) is 1. The minimum atomic E-state index is -3.06. The van der Waals surface area contributed by atoms with Gasteiger partial charge >= 0.3 is 0 Å². The Balaban J connectivity index is 1.59. The van der Waals surface area contributed by atoms with Crippen LogP contribution in [0.1, 0.15) is 31.0 Å². The lowest BCUT2D eigenvalue weighted by atomic mass is 10.1. The van der Waals surface area contributed by atoms with E-state index in [1.807, 2.05) is 16.9 Å². The lowest BCUT2D eigenvalue weighted by Crippen LogP contribution is -2.37. The molecule has 2 aliphatic rings. The van der Waals surface area contributed by atoms with Crippen molar-refractivity contribution in [3.05, 3.63) is 18.0 Å². The predicted octanol–water partition coefficient (Wildman–Crippen LogP) is 0.341. The minimum Gasteiger partial charge on any atom is -0.298 e. The summed E-state index contributed by atoms with van der Waals surface area (Å²) >= 11 is 0. The number of nitrogens with zero attached hydrogens (tertiary/aromatic N) is 3. The number of rotatable bonds is 5. The third-order valence-corrected chi connectivity index (χ3v) is 5.75. The van der Waals surface area contributed by atoms with Gasteiger partial charge in [-0.15, -0.1) is 0 Å². The molecule has 0 saturated heterocycles. The molecule has 1 atom stereocenters. The van der Waals surface area contributed by atoms with Gasteiger partial charge in [0.2, 0.25) is 10.0 Å². The number of fused-ring (bicyclic) bond motifs is 1. The summed E-state index contributed by atoms with van der Waals surface area (Å²) in [5.41, 5.74) is 1.20. The van der Waals surface area contributed by atoms with Crippen molar-refractivity contribution in [3.8, 4) is 0 Å². The van der Waals surface area contributed by atoms with Crippen LogP contribution in [0.3, 0.4) is 0 Å². The lowest BCUT2D eigenvalue weighted by Gasteiger charge is -2.31. The van der Waals surface area contributed by atoms with Gasteiger partial charge in [-0.1, -0.05) is 0 Å². The Bertz CT molecular complexity index is 550. The van der Waals surface area contributed by atoms with Crippen LogP contribution in [0.4, 0.5) is 0 Å². The van der Waals surface area contributed by atoms with Crippen molar-refractivity contribution in [2.75, 3.05) is 20.1 Å². The summed E-state index contributed by atoms with van der Waals surface area (Å²) in [6, 6.07) is 2.28. The van der Waals surface area contributed by atoms with Gasteiger partial charge < -0.3 is 0 Å². The van der Waals surface area contributed by atoms with Gasteiger partial charge in [-0.05, 0) is 32.4 Å². The minimum absolute atomic E-state index is 0.137. The van der Waals surface area contributed by atoms with E-state index in [-0.39, 0.29) is 11.3 Å². The predicted molar refractivity (Wildman–Crippen MR) is 72.2 cm³/mol. The normalized spacial score (nSPS) is 24.4. The third kappa shape index (κ3) is 2.82. The molecule has 106 valence electrons. The topological polar surface area (TPSA) is 67.2 Å². The monoisotopic (exact) mass is 284 g/mol. The van der Waals surface area contributed by atoms with Crippen molar-refractivity contribution in [2.45, 2.75) is 37.1 Å². The summed E-state index contributed by atoms with van der Waals surface area (Å²) in [5.74, 6) is 0. The first-order valence-corrected chi connectivity index (χ1v) is 8.30. The maximum atomic E-state index is 11.8. The maximum Gasteiger partial charge on any atom is 0.214 e. The van der Waals surface area contributed by atoms with Crippen molar-refractivity contribution < 1.29 is 8.42 Å². The van der Waals surface area contributed by atoms with E-state index in [2.05, 4.69) is 21.8 Å². The number of likely N-dealkylation sites (N-methyl/N-ethyl adjacent to an activating group) is 1. The molecule has 2 heterocycles. The summed E-state index contributed by atoms with van der Waals surface area (Å²) in [4.78, 5) is 2.25. The van der Waals surface area contributed by atoms with Crippen LogP contribution in [0.15, 0.2) is 12.3 Å². The van der Waals surface area contributed by atoms with E-state index in [0.29, 0.717) is 6.54 Å². The smallest absolute Gasteiger partial charge is 0.214 e. The van der Waals surface area contributed by atoms with Gasteiger partial charge in [-0.3, -0.25) is 9.58 Å². The first kappa shape index (κ1) is 13.1. The maximum absolute atomic E-state index is 11.8. The molecule has 0 bridgehead atoms. The fourth-order valence-electron chi connectivity index (χ4n) is 2.65. The fourth-order valence-corrected chi connectivity index (χ4v) is 4.05. The van der Waals surface area contributed by atoms with Crippen LogP contribution in [0.2, 0.25) is 0 Å². The van der Waals surface area contributed by atoms with Crippen LogP contribution in [-0.2, 0) is 16.6 Å². The van der Waals surface area contributed by atoms with Gasteiger partial charge in [-0.2, -0.15) is 5.10 Å². The van der Waals surface area contributed by atoms with Gasteiger partial charge in [0.25, 0.3) is 0 Å². The molecule has 0 spiro atoms. The van der Waals surface area contributed by atoms with E-state index in [0.717, 1.165) is 32.4 Å². The number of hydrogen-bond acceptors (Lipinski definition) is 4. The van der Waals surface area contributed by atoms with Gasteiger partial charge in [0, 0.05) is 25.8 Å². The second-order valence-electron chi connectivity index (χ2n) is 5.55. The first-order valence-electron chi connectivity index (χ1n) is 6.75. The average Bonchev–Trinajstić information content (AvgIpc) is 3.10. The van der Waals surface area contributed by atoms with E-state index in [9.17, 15) is 8.42 Å². The van der Waals surface area contributed by atoms with Crippen LogP contribution >= 0.6 is 0 Å². The molecule has 1 fully saturated rings. The van der Waals surface area contributed by atoms with Crippen molar-refractivity contribution in [3.63, 3.8) is 0 Å². The van der Waals surface area contributed by atoms with Crippen molar-refractivity contribution in [2.24, 2.45) is 0 Å². The van der Waals surface area contributed by atoms with Crippen molar-refractivity contribution >= 4 is 10.0 Å². The van der Waals surface area contributed by atoms with Crippen LogP contribution in [-0.4, -0.2) is 48.5 Å². The third-order valence-electron chi connectivity index (χ3n) is 3.80. The van der Waals surface area contributed by atoms with E-state index >= 15 is 0 Å². The molecule has 3 rings (SSSR count). The molecule has 19 heavy (non-hydrogen) atoms. The van der Waals surface area contributed by atoms with Crippen molar-refractivity contribution in [1.29, 1.82) is 0 Å². The molecule has 6 nitrogen and oxygen atoms in total. The van der Waals surface area contributed by atoms with Gasteiger partial charge in [-0.25, -0.2) is 13.1 Å². The van der Waals surface area contributed by atoms with Crippen LogP contribution in [0, 0.1) is 0 Å². The molecule has 0 amide bonds. The SMILES string of the molecule is CN1Cc2ccnn2C(CCNS(=O)(=O)C2CC2)C1. The summed E-state index contributed by atoms with van der Waals surface area (Å²) in [5, 5.41) is 4.21. The number of aromatic nitrogens is 2. The summed E-state index contributed by atoms with van der Waals surface area (Å²) in [7, 11) is -0.977. The Hall–Kier alpha value is -0.920. The zero-order valence-corrected chi connectivity index (χ0v) is 11.9. The largest absolute Gasteiger partial charge is 0.298 e. The summed E-state index contributed by atoms with van der Waals surface area (Å²) in [6.07, 6.45) is 4.22. The Morgan fingerprint density at radius 2 is 2.26 bits per heavy atom. The van der Waals surface area contributed by atoms with E-state index in [1.54, 1.807) is 0 Å². The van der Waals surface area contributed by atoms with Crippen molar-refractivity contribution in [1.82, 2.24) is 19.4 Å². The van der Waals surface area contributed by atoms with Gasteiger partial charge in [0.1, 0.15) is 0 Å². The molecule has 1 unspecified atom stereocenters. The average molecular weight is 284 g/mol. The lowest BCUT2D eigenvalue weighted by molar-refractivity contribution is 0.203. The van der Waals surface area contributed by atoms with E-state index in [4.69, 9.17) is 0 Å². The molecule has 7 heteroatoms. The molecule has 1 aliphatic heterocycles. The Labute approximate surface area is 113 Å². The zero-order chi connectivity index (χ0) is 13.5. The van der Waals surface area contributed by atoms with Crippen LogP contribution in [0.25, 0.3) is 0 Å². The standard InChI is InChI=1S/C12H20N4O2S/c1-15-8-10-4-6-13-16(10)11(9-15)5-7-14-19(17,18)12-2-3-12/h4,6,11-12,14H,2-3,5,7-9H2,1H3. The quantitative estimate of drug-likeness (QED) is 0.847. The van der Waals surface area contributed by atoms with Gasteiger partial charge in [0.05, 0.1) is 17.0 Å². The van der Waals surface area contributed by atoms with Crippen LogP contribution in [0.5, 0.6) is 0 Å². The molecular weight excluding hydrogens is 264 g/mol. The van der Waals surface area contributed by atoms with E-state index in [1.165, 1.54) is 5.69 Å². The molecule has 1 aliphatic carbocycles. The fraction of sp³-hybridized carbons (Fsp3) is 0.750. The molecule has 1 aromatic heterocycles. The Morgan fingerprint density at radius 3 is 3.00 bits per heavy atom.